The number of aromatic nitrogens is 1. The number of nitrogens with zero attached hydrogens (tertiary/aromatic N) is 1. The summed E-state index contributed by atoms with van der Waals surface area (Å²) in [5.74, 6) is 0.669. The molecule has 1 saturated carbocycles. The van der Waals surface area contributed by atoms with Crippen molar-refractivity contribution in [3.05, 3.63) is 17.5 Å². The molecule has 70 valence electrons. The molecule has 4 heteroatoms. The van der Waals surface area contributed by atoms with Crippen LogP contribution in [0.4, 0.5) is 0 Å². The zero-order chi connectivity index (χ0) is 9.26. The van der Waals surface area contributed by atoms with Crippen LogP contribution in [0.2, 0.25) is 0 Å². The summed E-state index contributed by atoms with van der Waals surface area (Å²) in [4.78, 5) is 10.3. The number of aryl methyl sites for hydroxylation is 1. The van der Waals surface area contributed by atoms with Crippen LogP contribution in [-0.2, 0) is 11.2 Å². The first-order valence-corrected chi connectivity index (χ1v) is 4.43. The first-order valence-electron chi connectivity index (χ1n) is 4.43. The van der Waals surface area contributed by atoms with Crippen molar-refractivity contribution in [1.29, 1.82) is 0 Å². The van der Waals surface area contributed by atoms with Crippen molar-refractivity contribution in [2.45, 2.75) is 31.6 Å². The predicted molar refractivity (Wildman–Crippen MR) is 44.4 cm³/mol. The molecule has 1 fully saturated rings. The highest BCUT2D eigenvalue weighted by Crippen LogP contribution is 2.40. The van der Waals surface area contributed by atoms with E-state index in [4.69, 9.17) is 9.63 Å². The molecule has 1 heterocycles. The van der Waals surface area contributed by atoms with Gasteiger partial charge in [0.15, 0.2) is 0 Å². The Morgan fingerprint density at radius 1 is 1.69 bits per heavy atom. The molecule has 1 aromatic rings. The van der Waals surface area contributed by atoms with Crippen LogP contribution in [0.1, 0.15) is 36.6 Å². The molecular formula is C9H11NO3. The minimum atomic E-state index is -0.795. The van der Waals surface area contributed by atoms with Crippen molar-refractivity contribution < 1.29 is 14.4 Å². The molecular weight excluding hydrogens is 170 g/mol. The third-order valence-electron chi connectivity index (χ3n) is 2.15. The van der Waals surface area contributed by atoms with E-state index in [1.165, 1.54) is 12.8 Å². The molecule has 4 nitrogen and oxygen atoms in total. The van der Waals surface area contributed by atoms with Gasteiger partial charge in [-0.3, -0.25) is 4.79 Å². The number of rotatable bonds is 4. The molecule has 1 aromatic heterocycles. The maximum Gasteiger partial charge on any atom is 0.303 e. The highest BCUT2D eigenvalue weighted by Gasteiger charge is 2.27. The summed E-state index contributed by atoms with van der Waals surface area (Å²) in [6, 6.07) is 1.88. The number of hydrogen-bond acceptors (Lipinski definition) is 3. The summed E-state index contributed by atoms with van der Waals surface area (Å²) in [5, 5.41) is 12.3. The van der Waals surface area contributed by atoms with E-state index in [9.17, 15) is 4.79 Å². The Morgan fingerprint density at radius 2 is 2.46 bits per heavy atom. The molecule has 1 N–H and O–H groups in total. The van der Waals surface area contributed by atoms with Crippen LogP contribution < -0.4 is 0 Å². The summed E-state index contributed by atoms with van der Waals surface area (Å²) in [6.07, 6.45) is 2.93. The summed E-state index contributed by atoms with van der Waals surface area (Å²) < 4.78 is 5.08. The lowest BCUT2D eigenvalue weighted by Crippen LogP contribution is -1.97. The first kappa shape index (κ1) is 8.29. The van der Waals surface area contributed by atoms with Gasteiger partial charge in [0.1, 0.15) is 5.76 Å². The van der Waals surface area contributed by atoms with Crippen molar-refractivity contribution in [2.75, 3.05) is 0 Å². The summed E-state index contributed by atoms with van der Waals surface area (Å²) in [5.41, 5.74) is 0.754. The lowest BCUT2D eigenvalue weighted by atomic mass is 10.2. The van der Waals surface area contributed by atoms with Gasteiger partial charge in [0.2, 0.25) is 0 Å². The maximum atomic E-state index is 10.3. The average Bonchev–Trinajstić information content (AvgIpc) is 2.83. The van der Waals surface area contributed by atoms with Crippen LogP contribution >= 0.6 is 0 Å². The zero-order valence-corrected chi connectivity index (χ0v) is 7.19. The molecule has 0 aromatic carbocycles. The minimum absolute atomic E-state index is 0.122. The van der Waals surface area contributed by atoms with E-state index in [2.05, 4.69) is 5.16 Å². The Morgan fingerprint density at radius 3 is 3.08 bits per heavy atom. The SMILES string of the molecule is O=C(O)CCc1cc(C2CC2)on1. The molecule has 0 aliphatic heterocycles. The van der Waals surface area contributed by atoms with Gasteiger partial charge in [-0.1, -0.05) is 5.16 Å². The fourth-order valence-corrected chi connectivity index (χ4v) is 1.24. The lowest BCUT2D eigenvalue weighted by Gasteiger charge is -1.87. The third-order valence-corrected chi connectivity index (χ3v) is 2.15. The molecule has 0 amide bonds. The van der Waals surface area contributed by atoms with Crippen molar-refractivity contribution in [3.8, 4) is 0 Å². The highest BCUT2D eigenvalue weighted by molar-refractivity contribution is 5.66. The van der Waals surface area contributed by atoms with Crippen LogP contribution in [0.3, 0.4) is 0 Å². The van der Waals surface area contributed by atoms with Crippen molar-refractivity contribution >= 4 is 5.97 Å². The zero-order valence-electron chi connectivity index (χ0n) is 7.19. The number of carbonyl (C=O) groups is 1. The van der Waals surface area contributed by atoms with Crippen LogP contribution in [0.25, 0.3) is 0 Å². The molecule has 2 rings (SSSR count). The van der Waals surface area contributed by atoms with Crippen molar-refractivity contribution in [1.82, 2.24) is 5.16 Å². The number of hydrogen-bond donors (Lipinski definition) is 1. The number of carboxylic acids is 1. The molecule has 1 aliphatic rings. The van der Waals surface area contributed by atoms with Gasteiger partial charge in [-0.25, -0.2) is 0 Å². The summed E-state index contributed by atoms with van der Waals surface area (Å²) in [7, 11) is 0. The molecule has 1 aliphatic carbocycles. The van der Waals surface area contributed by atoms with E-state index in [1.807, 2.05) is 6.07 Å². The molecule has 13 heavy (non-hydrogen) atoms. The van der Waals surface area contributed by atoms with Crippen LogP contribution in [-0.4, -0.2) is 16.2 Å². The minimum Gasteiger partial charge on any atom is -0.481 e. The van der Waals surface area contributed by atoms with E-state index in [1.54, 1.807) is 0 Å². The topological polar surface area (TPSA) is 63.3 Å². The maximum absolute atomic E-state index is 10.3. The Balaban J connectivity index is 1.92. The molecule has 0 unspecified atom stereocenters. The third kappa shape index (κ3) is 2.08. The average molecular weight is 181 g/mol. The van der Waals surface area contributed by atoms with Gasteiger partial charge in [-0.05, 0) is 12.8 Å². The largest absolute Gasteiger partial charge is 0.481 e. The number of aliphatic carboxylic acids is 1. The Kier molecular flexibility index (Phi) is 2.04. The van der Waals surface area contributed by atoms with E-state index < -0.39 is 5.97 Å². The van der Waals surface area contributed by atoms with Crippen LogP contribution in [0.5, 0.6) is 0 Å². The second-order valence-corrected chi connectivity index (χ2v) is 3.39. The second-order valence-electron chi connectivity index (χ2n) is 3.39. The van der Waals surface area contributed by atoms with Gasteiger partial charge in [0.25, 0.3) is 0 Å². The van der Waals surface area contributed by atoms with Gasteiger partial charge < -0.3 is 9.63 Å². The Bertz CT molecular complexity index is 314. The van der Waals surface area contributed by atoms with E-state index >= 15 is 0 Å². The van der Waals surface area contributed by atoms with Gasteiger partial charge >= 0.3 is 5.97 Å². The van der Waals surface area contributed by atoms with Gasteiger partial charge in [0, 0.05) is 18.4 Å². The van der Waals surface area contributed by atoms with Gasteiger partial charge in [-0.15, -0.1) is 0 Å². The molecule has 0 radical (unpaired) electrons. The van der Waals surface area contributed by atoms with E-state index in [0.29, 0.717) is 12.3 Å². The lowest BCUT2D eigenvalue weighted by molar-refractivity contribution is -0.136. The summed E-state index contributed by atoms with van der Waals surface area (Å²) >= 11 is 0. The first-order chi connectivity index (χ1) is 6.25. The van der Waals surface area contributed by atoms with Crippen LogP contribution in [0, 0.1) is 0 Å². The summed E-state index contributed by atoms with van der Waals surface area (Å²) in [6.45, 7) is 0. The molecule has 0 spiro atoms. The molecule has 0 bridgehead atoms. The predicted octanol–water partition coefficient (Wildman–Crippen LogP) is 1.57. The standard InChI is InChI=1S/C9H11NO3/c11-9(12)4-3-7-5-8(13-10-7)6-1-2-6/h5-6H,1-4H2,(H,11,12). The number of carboxylic acid groups (broad SMARTS) is 1. The van der Waals surface area contributed by atoms with Crippen LogP contribution in [0.15, 0.2) is 10.6 Å². The second kappa shape index (κ2) is 3.20. The molecule has 0 atom stereocenters. The fourth-order valence-electron chi connectivity index (χ4n) is 1.24. The van der Waals surface area contributed by atoms with Crippen molar-refractivity contribution in [3.63, 3.8) is 0 Å². The van der Waals surface area contributed by atoms with Gasteiger partial charge in [0.05, 0.1) is 12.1 Å². The van der Waals surface area contributed by atoms with Gasteiger partial charge in [-0.2, -0.15) is 0 Å². The molecule has 0 saturated heterocycles. The highest BCUT2D eigenvalue weighted by atomic mass is 16.5. The Labute approximate surface area is 75.5 Å². The normalized spacial score (nSPS) is 16.0. The van der Waals surface area contributed by atoms with Crippen molar-refractivity contribution in [2.24, 2.45) is 0 Å². The quantitative estimate of drug-likeness (QED) is 0.765. The monoisotopic (exact) mass is 181 g/mol. The fraction of sp³-hybridized carbons (Fsp3) is 0.556. The Hall–Kier alpha value is -1.32. The smallest absolute Gasteiger partial charge is 0.303 e. The van der Waals surface area contributed by atoms with E-state index in [0.717, 1.165) is 11.5 Å². The van der Waals surface area contributed by atoms with E-state index in [-0.39, 0.29) is 6.42 Å².